The number of nitrogens with one attached hydrogen (secondary N) is 1. The molecule has 3 rings (SSSR count). The smallest absolute Gasteiger partial charge is 0.234 e. The van der Waals surface area contributed by atoms with Gasteiger partial charge in [-0.15, -0.1) is 10.2 Å². The quantitative estimate of drug-likeness (QED) is 0.535. The molecule has 0 saturated carbocycles. The van der Waals surface area contributed by atoms with Gasteiger partial charge in [-0.25, -0.2) is 4.39 Å². The van der Waals surface area contributed by atoms with Crippen molar-refractivity contribution in [2.75, 3.05) is 30.1 Å². The molecule has 0 unspecified atom stereocenters. The minimum atomic E-state index is -0.342. The summed E-state index contributed by atoms with van der Waals surface area (Å²) in [6, 6.07) is 14.2. The third-order valence-corrected chi connectivity index (χ3v) is 5.35. The first-order chi connectivity index (χ1) is 14.3. The Morgan fingerprint density at radius 2 is 1.83 bits per heavy atom. The third-order valence-electron chi connectivity index (χ3n) is 4.38. The first kappa shape index (κ1) is 21.8. The molecule has 1 aromatic heterocycles. The Kier molecular flexibility index (Phi) is 7.10. The van der Waals surface area contributed by atoms with Gasteiger partial charge in [-0.1, -0.05) is 37.7 Å². The summed E-state index contributed by atoms with van der Waals surface area (Å²) in [6.45, 7) is 4.78. The van der Waals surface area contributed by atoms with Crippen LogP contribution in [-0.4, -0.2) is 40.5 Å². The zero-order chi connectivity index (χ0) is 21.7. The maximum atomic E-state index is 14.3. The highest BCUT2D eigenvalue weighted by molar-refractivity contribution is 7.99. The molecule has 0 spiro atoms. The van der Waals surface area contributed by atoms with Crippen molar-refractivity contribution in [3.05, 3.63) is 54.3 Å². The number of aromatic nitrogens is 3. The molecule has 0 bridgehead atoms. The summed E-state index contributed by atoms with van der Waals surface area (Å²) >= 11 is 1.29. The number of thioether (sulfide) groups is 1. The highest BCUT2D eigenvalue weighted by Crippen LogP contribution is 2.27. The van der Waals surface area contributed by atoms with Gasteiger partial charge in [0.1, 0.15) is 5.82 Å². The third kappa shape index (κ3) is 5.38. The van der Waals surface area contributed by atoms with Crippen LogP contribution in [0.1, 0.15) is 13.8 Å². The predicted octanol–water partition coefficient (Wildman–Crippen LogP) is 4.54. The van der Waals surface area contributed by atoms with Crippen LogP contribution in [0, 0.1) is 11.7 Å². The maximum absolute atomic E-state index is 14.3. The van der Waals surface area contributed by atoms with Crippen molar-refractivity contribution in [2.45, 2.75) is 25.5 Å². The number of hydrogen-bond donors (Lipinski definition) is 1. The van der Waals surface area contributed by atoms with Crippen molar-refractivity contribution >= 4 is 29.0 Å². The SMILES string of the molecule is CC(C)Cn1c(SCC(=O)Nc2ccc(N(C)C)cc2)nnc1-c1ccccc1F. The molecule has 158 valence electrons. The second-order valence-corrected chi connectivity index (χ2v) is 8.51. The predicted molar refractivity (Wildman–Crippen MR) is 120 cm³/mol. The van der Waals surface area contributed by atoms with Gasteiger partial charge < -0.3 is 14.8 Å². The lowest BCUT2D eigenvalue weighted by molar-refractivity contribution is -0.113. The summed E-state index contributed by atoms with van der Waals surface area (Å²) in [5.74, 6) is 0.497. The van der Waals surface area contributed by atoms with Crippen LogP contribution in [-0.2, 0) is 11.3 Å². The van der Waals surface area contributed by atoms with Gasteiger partial charge in [0.25, 0.3) is 0 Å². The zero-order valence-electron chi connectivity index (χ0n) is 17.6. The number of hydrogen-bond acceptors (Lipinski definition) is 5. The zero-order valence-corrected chi connectivity index (χ0v) is 18.4. The largest absolute Gasteiger partial charge is 0.378 e. The van der Waals surface area contributed by atoms with E-state index in [9.17, 15) is 9.18 Å². The van der Waals surface area contributed by atoms with E-state index in [-0.39, 0.29) is 17.5 Å². The van der Waals surface area contributed by atoms with Crippen molar-refractivity contribution in [1.29, 1.82) is 0 Å². The first-order valence-corrected chi connectivity index (χ1v) is 10.7. The van der Waals surface area contributed by atoms with Crippen molar-refractivity contribution in [1.82, 2.24) is 14.8 Å². The van der Waals surface area contributed by atoms with Gasteiger partial charge >= 0.3 is 0 Å². The molecule has 0 aliphatic heterocycles. The summed E-state index contributed by atoms with van der Waals surface area (Å²) in [5, 5.41) is 11.9. The van der Waals surface area contributed by atoms with Crippen LogP contribution in [0.3, 0.4) is 0 Å². The molecule has 1 amide bonds. The summed E-state index contributed by atoms with van der Waals surface area (Å²) in [7, 11) is 3.93. The Hall–Kier alpha value is -2.87. The molecule has 1 N–H and O–H groups in total. The summed E-state index contributed by atoms with van der Waals surface area (Å²) in [6.07, 6.45) is 0. The van der Waals surface area contributed by atoms with E-state index in [0.29, 0.717) is 29.0 Å². The molecular weight excluding hydrogens is 401 g/mol. The van der Waals surface area contributed by atoms with E-state index < -0.39 is 0 Å². The highest BCUT2D eigenvalue weighted by atomic mass is 32.2. The number of anilines is 2. The van der Waals surface area contributed by atoms with Gasteiger partial charge in [-0.3, -0.25) is 4.79 Å². The molecule has 1 heterocycles. The molecule has 0 atom stereocenters. The van der Waals surface area contributed by atoms with Crippen LogP contribution in [0.15, 0.2) is 53.7 Å². The Balaban J connectivity index is 1.71. The van der Waals surface area contributed by atoms with Crippen molar-refractivity contribution in [3.63, 3.8) is 0 Å². The van der Waals surface area contributed by atoms with Gasteiger partial charge in [-0.2, -0.15) is 0 Å². The Bertz CT molecular complexity index is 1000. The van der Waals surface area contributed by atoms with E-state index in [1.807, 2.05) is 47.8 Å². The lowest BCUT2D eigenvalue weighted by atomic mass is 10.2. The molecule has 0 aliphatic carbocycles. The van der Waals surface area contributed by atoms with E-state index in [0.717, 1.165) is 11.4 Å². The molecule has 3 aromatic rings. The van der Waals surface area contributed by atoms with Gasteiger partial charge in [0.2, 0.25) is 5.91 Å². The van der Waals surface area contributed by atoms with Crippen LogP contribution in [0.4, 0.5) is 15.8 Å². The van der Waals surface area contributed by atoms with Crippen molar-refractivity contribution in [3.8, 4) is 11.4 Å². The Morgan fingerprint density at radius 3 is 2.47 bits per heavy atom. The molecule has 0 saturated heterocycles. The van der Waals surface area contributed by atoms with E-state index in [4.69, 9.17) is 0 Å². The number of rotatable bonds is 8. The number of carbonyl (C=O) groups excluding carboxylic acids is 1. The first-order valence-electron chi connectivity index (χ1n) is 9.73. The molecule has 2 aromatic carbocycles. The van der Waals surface area contributed by atoms with E-state index in [1.54, 1.807) is 18.2 Å². The van der Waals surface area contributed by atoms with Gasteiger partial charge in [0.05, 0.1) is 11.3 Å². The summed E-state index contributed by atoms with van der Waals surface area (Å²) in [4.78, 5) is 14.4. The van der Waals surface area contributed by atoms with Crippen LogP contribution >= 0.6 is 11.8 Å². The molecule has 0 aliphatic rings. The molecule has 0 radical (unpaired) electrons. The highest BCUT2D eigenvalue weighted by Gasteiger charge is 2.18. The molecule has 30 heavy (non-hydrogen) atoms. The Morgan fingerprint density at radius 1 is 1.13 bits per heavy atom. The van der Waals surface area contributed by atoms with E-state index >= 15 is 0 Å². The fourth-order valence-corrected chi connectivity index (χ4v) is 3.68. The summed E-state index contributed by atoms with van der Waals surface area (Å²) < 4.78 is 16.2. The number of benzene rings is 2. The van der Waals surface area contributed by atoms with E-state index in [1.165, 1.54) is 17.8 Å². The Labute approximate surface area is 180 Å². The topological polar surface area (TPSA) is 63.1 Å². The van der Waals surface area contributed by atoms with Crippen LogP contribution in [0.5, 0.6) is 0 Å². The lowest BCUT2D eigenvalue weighted by Crippen LogP contribution is -2.15. The number of nitrogens with zero attached hydrogens (tertiary/aromatic N) is 4. The van der Waals surface area contributed by atoms with Gasteiger partial charge in [0.15, 0.2) is 11.0 Å². The minimum absolute atomic E-state index is 0.135. The molecular formula is C22H26FN5OS. The average molecular weight is 428 g/mol. The fraction of sp³-hybridized carbons (Fsp3) is 0.318. The maximum Gasteiger partial charge on any atom is 0.234 e. The summed E-state index contributed by atoms with van der Waals surface area (Å²) in [5.41, 5.74) is 2.20. The molecule has 6 nitrogen and oxygen atoms in total. The standard InChI is InChI=1S/C22H26FN5OS/c1-15(2)13-28-21(18-7-5-6-8-19(18)23)25-26-22(28)30-14-20(29)24-16-9-11-17(12-10-16)27(3)4/h5-12,15H,13-14H2,1-4H3,(H,24,29). The minimum Gasteiger partial charge on any atom is -0.378 e. The number of amides is 1. The van der Waals surface area contributed by atoms with Crippen LogP contribution in [0.25, 0.3) is 11.4 Å². The van der Waals surface area contributed by atoms with E-state index in [2.05, 4.69) is 29.4 Å². The monoisotopic (exact) mass is 427 g/mol. The molecule has 0 fully saturated rings. The number of carbonyl (C=O) groups is 1. The second-order valence-electron chi connectivity index (χ2n) is 7.57. The van der Waals surface area contributed by atoms with Crippen LogP contribution < -0.4 is 10.2 Å². The lowest BCUT2D eigenvalue weighted by Gasteiger charge is -2.14. The normalized spacial score (nSPS) is 11.0. The fourth-order valence-electron chi connectivity index (χ4n) is 2.94. The van der Waals surface area contributed by atoms with Crippen molar-refractivity contribution in [2.24, 2.45) is 5.92 Å². The second kappa shape index (κ2) is 9.75. The van der Waals surface area contributed by atoms with Crippen LogP contribution in [0.2, 0.25) is 0 Å². The molecule has 8 heteroatoms. The number of halogens is 1. The van der Waals surface area contributed by atoms with Gasteiger partial charge in [0, 0.05) is 32.0 Å². The van der Waals surface area contributed by atoms with Gasteiger partial charge in [-0.05, 0) is 42.3 Å². The average Bonchev–Trinajstić information content (AvgIpc) is 3.09. The van der Waals surface area contributed by atoms with Crippen molar-refractivity contribution < 1.29 is 9.18 Å².